The van der Waals surface area contributed by atoms with E-state index in [2.05, 4.69) is 26.1 Å². The summed E-state index contributed by atoms with van der Waals surface area (Å²) in [4.78, 5) is 40.0. The molecule has 3 atom stereocenters. The number of nitrogens with one attached hydrogen (secondary N) is 1. The van der Waals surface area contributed by atoms with Crippen molar-refractivity contribution >= 4 is 19.7 Å². The molecule has 0 aromatic rings. The number of phosphoric acid groups is 1. The molecule has 0 spiro atoms. The van der Waals surface area contributed by atoms with Gasteiger partial charge in [0.25, 0.3) is 7.82 Å². The van der Waals surface area contributed by atoms with Crippen LogP contribution in [-0.2, 0) is 27.9 Å². The average Bonchev–Trinajstić information content (AvgIpc) is 3.38. The molecule has 0 aliphatic heterocycles. The van der Waals surface area contributed by atoms with E-state index in [4.69, 9.17) is 13.8 Å². The van der Waals surface area contributed by atoms with Crippen molar-refractivity contribution in [3.63, 3.8) is 0 Å². The lowest BCUT2D eigenvalue weighted by molar-refractivity contribution is -0.870. The van der Waals surface area contributed by atoms with Crippen LogP contribution in [0.1, 0.15) is 348 Å². The predicted octanol–water partition coefficient (Wildman–Crippen LogP) is 20.1. The fourth-order valence-electron chi connectivity index (χ4n) is 10.3. The van der Waals surface area contributed by atoms with Crippen molar-refractivity contribution in [1.29, 1.82) is 0 Å². The third kappa shape index (κ3) is 57.4. The number of hydrogen-bond donors (Lipinski definition) is 1. The minimum Gasteiger partial charge on any atom is -0.756 e. The van der Waals surface area contributed by atoms with Crippen molar-refractivity contribution in [2.45, 2.75) is 360 Å². The number of likely N-dealkylation sites (N-methyl/N-ethyl adjacent to an activating group) is 1. The lowest BCUT2D eigenvalue weighted by Gasteiger charge is -2.30. The average molecular weight is 1100 g/mol. The zero-order valence-corrected chi connectivity index (χ0v) is 52.6. The Balaban J connectivity index is 5.03. The number of carbonyl (C=O) groups is 2. The minimum absolute atomic E-state index is 0.0167. The maximum absolute atomic E-state index is 13.5. The Hall–Kier alpha value is -1.25. The molecule has 0 saturated carbocycles. The largest absolute Gasteiger partial charge is 0.756 e. The summed E-state index contributed by atoms with van der Waals surface area (Å²) in [6.45, 7) is 6.90. The number of nitrogens with zero attached hydrogens (tertiary/aromatic N) is 1. The number of quaternary nitrogens is 1. The van der Waals surface area contributed by atoms with Crippen molar-refractivity contribution < 1.29 is 37.3 Å². The number of esters is 1. The SMILES string of the molecule is CCCCCCCCCCC/C=C\C(OC(=O)CCCCCCCCCCCCCCCCCCCCCCCCC)C(COP(=O)([O-])OCC[N+](C)(C)C)NC(=O)CCCCCCCCCCCCCCCCCC. The van der Waals surface area contributed by atoms with Gasteiger partial charge in [0.05, 0.1) is 33.8 Å². The molecule has 3 unspecified atom stereocenters. The van der Waals surface area contributed by atoms with Crippen molar-refractivity contribution in [2.24, 2.45) is 0 Å². The van der Waals surface area contributed by atoms with E-state index >= 15 is 0 Å². The molecule has 0 aromatic heterocycles. The summed E-state index contributed by atoms with van der Waals surface area (Å²) in [7, 11) is 1.21. The smallest absolute Gasteiger partial charge is 0.306 e. The molecular formula is C66H131N2O7P. The number of ether oxygens (including phenoxy) is 1. The van der Waals surface area contributed by atoms with Crippen LogP contribution in [0.3, 0.4) is 0 Å². The first kappa shape index (κ1) is 74.8. The third-order valence-corrected chi connectivity index (χ3v) is 16.4. The van der Waals surface area contributed by atoms with E-state index in [0.29, 0.717) is 17.4 Å². The van der Waals surface area contributed by atoms with Gasteiger partial charge in [0.15, 0.2) is 0 Å². The number of phosphoric ester groups is 1. The number of allylic oxidation sites excluding steroid dienone is 1. The first-order chi connectivity index (χ1) is 36.9. The van der Waals surface area contributed by atoms with E-state index in [1.165, 1.54) is 257 Å². The zero-order chi connectivity index (χ0) is 55.7. The van der Waals surface area contributed by atoms with Crippen LogP contribution >= 0.6 is 7.82 Å². The lowest BCUT2D eigenvalue weighted by atomic mass is 10.0. The summed E-state index contributed by atoms with van der Waals surface area (Å²) in [6.07, 6.45) is 66.2. The Morgan fingerprint density at radius 1 is 0.447 bits per heavy atom. The zero-order valence-electron chi connectivity index (χ0n) is 51.7. The topological polar surface area (TPSA) is 114 Å². The standard InChI is InChI=1S/C66H131N2O7P/c1-7-10-13-16-19-22-25-27-29-31-32-33-34-35-36-37-39-41-44-47-50-53-56-59-66(70)75-64(57-54-51-48-45-42-24-21-18-15-12-9-3)63(62-74-76(71,72)73-61-60-68(4,5)6)67-65(69)58-55-52-49-46-43-40-38-30-28-26-23-20-17-14-11-8-2/h54,57,63-64H,7-53,55-56,58-62H2,1-6H3,(H-,67,69,71,72)/b57-54-. The number of unbranched alkanes of at least 4 members (excludes halogenated alkanes) is 46. The summed E-state index contributed by atoms with van der Waals surface area (Å²) in [5, 5.41) is 3.04. The predicted molar refractivity (Wildman–Crippen MR) is 326 cm³/mol. The normalized spacial score (nSPS) is 13.6. The molecule has 1 amide bonds. The second-order valence-electron chi connectivity index (χ2n) is 24.3. The van der Waals surface area contributed by atoms with Gasteiger partial charge >= 0.3 is 5.97 Å². The van der Waals surface area contributed by atoms with Gasteiger partial charge in [-0.1, -0.05) is 316 Å². The maximum Gasteiger partial charge on any atom is 0.306 e. The Bertz CT molecular complexity index is 1310. The summed E-state index contributed by atoms with van der Waals surface area (Å²) < 4.78 is 30.4. The quantitative estimate of drug-likeness (QED) is 0.0212. The Morgan fingerprint density at radius 2 is 0.750 bits per heavy atom. The van der Waals surface area contributed by atoms with E-state index in [-0.39, 0.29) is 31.5 Å². The Labute approximate surface area is 473 Å². The molecule has 0 aromatic carbocycles. The van der Waals surface area contributed by atoms with Gasteiger partial charge in [-0.15, -0.1) is 0 Å². The molecule has 0 aliphatic carbocycles. The van der Waals surface area contributed by atoms with Gasteiger partial charge in [-0.2, -0.15) is 0 Å². The molecule has 452 valence electrons. The van der Waals surface area contributed by atoms with E-state index in [0.717, 1.165) is 57.8 Å². The van der Waals surface area contributed by atoms with E-state index in [1.807, 2.05) is 33.3 Å². The fourth-order valence-corrected chi connectivity index (χ4v) is 11.0. The summed E-state index contributed by atoms with van der Waals surface area (Å²) in [5.74, 6) is -0.517. The fraction of sp³-hybridized carbons (Fsp3) is 0.939. The van der Waals surface area contributed by atoms with Crippen LogP contribution in [0.25, 0.3) is 0 Å². The van der Waals surface area contributed by atoms with Gasteiger partial charge in [0.1, 0.15) is 19.3 Å². The minimum atomic E-state index is -4.69. The van der Waals surface area contributed by atoms with Gasteiger partial charge in [-0.3, -0.25) is 14.2 Å². The first-order valence-corrected chi connectivity index (χ1v) is 35.0. The molecule has 10 heteroatoms. The van der Waals surface area contributed by atoms with Gasteiger partial charge < -0.3 is 28.5 Å². The first-order valence-electron chi connectivity index (χ1n) is 33.5. The summed E-state index contributed by atoms with van der Waals surface area (Å²) in [5.41, 5.74) is 0. The second-order valence-corrected chi connectivity index (χ2v) is 25.8. The second kappa shape index (κ2) is 57.0. The maximum atomic E-state index is 13.5. The molecule has 76 heavy (non-hydrogen) atoms. The summed E-state index contributed by atoms with van der Waals surface area (Å²) >= 11 is 0. The molecule has 0 fully saturated rings. The highest BCUT2D eigenvalue weighted by atomic mass is 31.2. The van der Waals surface area contributed by atoms with Gasteiger partial charge in [0.2, 0.25) is 5.91 Å². The van der Waals surface area contributed by atoms with Crippen molar-refractivity contribution in [3.05, 3.63) is 12.2 Å². The van der Waals surface area contributed by atoms with Crippen LogP contribution in [-0.4, -0.2) is 69.4 Å². The van der Waals surface area contributed by atoms with Crippen molar-refractivity contribution in [2.75, 3.05) is 40.9 Å². The van der Waals surface area contributed by atoms with E-state index in [1.54, 1.807) is 0 Å². The van der Waals surface area contributed by atoms with Gasteiger partial charge in [-0.05, 0) is 31.8 Å². The molecule has 0 radical (unpaired) electrons. The number of rotatable bonds is 62. The van der Waals surface area contributed by atoms with Crippen LogP contribution in [0.5, 0.6) is 0 Å². The van der Waals surface area contributed by atoms with Crippen LogP contribution in [0.2, 0.25) is 0 Å². The van der Waals surface area contributed by atoms with Crippen LogP contribution < -0.4 is 10.2 Å². The van der Waals surface area contributed by atoms with E-state index < -0.39 is 20.0 Å². The third-order valence-electron chi connectivity index (χ3n) is 15.5. The molecule has 0 rings (SSSR count). The Kier molecular flexibility index (Phi) is 56.1. The molecule has 1 N–H and O–H groups in total. The highest BCUT2D eigenvalue weighted by molar-refractivity contribution is 7.45. The molecule has 0 bridgehead atoms. The lowest BCUT2D eigenvalue weighted by Crippen LogP contribution is -2.47. The number of amides is 1. The monoisotopic (exact) mass is 1090 g/mol. The molecule has 0 saturated heterocycles. The molecule has 9 nitrogen and oxygen atoms in total. The highest BCUT2D eigenvalue weighted by Gasteiger charge is 2.27. The van der Waals surface area contributed by atoms with Gasteiger partial charge in [0, 0.05) is 12.8 Å². The highest BCUT2D eigenvalue weighted by Crippen LogP contribution is 2.38. The van der Waals surface area contributed by atoms with Crippen LogP contribution in [0, 0.1) is 0 Å². The van der Waals surface area contributed by atoms with Crippen LogP contribution in [0.15, 0.2) is 12.2 Å². The Morgan fingerprint density at radius 3 is 1.08 bits per heavy atom. The number of carbonyl (C=O) groups excluding carboxylic acids is 2. The molecular weight excluding hydrogens is 964 g/mol. The summed E-state index contributed by atoms with van der Waals surface area (Å²) in [6, 6.07) is -0.879. The van der Waals surface area contributed by atoms with Crippen LogP contribution in [0.4, 0.5) is 0 Å². The molecule has 0 heterocycles. The van der Waals surface area contributed by atoms with Gasteiger partial charge in [-0.25, -0.2) is 0 Å². The molecule has 0 aliphatic rings. The van der Waals surface area contributed by atoms with Crippen molar-refractivity contribution in [1.82, 2.24) is 5.32 Å². The number of hydrogen-bond acceptors (Lipinski definition) is 7. The van der Waals surface area contributed by atoms with E-state index in [9.17, 15) is 19.0 Å². The van der Waals surface area contributed by atoms with Crippen molar-refractivity contribution in [3.8, 4) is 0 Å².